The topological polar surface area (TPSA) is 48.0 Å². The van der Waals surface area contributed by atoms with E-state index in [2.05, 4.69) is 0 Å². The van der Waals surface area contributed by atoms with Gasteiger partial charge in [0.1, 0.15) is 0 Å². The second kappa shape index (κ2) is 4.62. The van der Waals surface area contributed by atoms with Crippen molar-refractivity contribution in [3.05, 3.63) is 34.7 Å². The van der Waals surface area contributed by atoms with Gasteiger partial charge < -0.3 is 10.3 Å². The molecule has 0 saturated heterocycles. The highest BCUT2D eigenvalue weighted by molar-refractivity contribution is 4.97. The number of pyridine rings is 1. The maximum absolute atomic E-state index is 11.7. The molecule has 0 amide bonds. The highest BCUT2D eigenvalue weighted by Gasteiger charge is 2.27. The van der Waals surface area contributed by atoms with Crippen LogP contribution in [0.15, 0.2) is 29.2 Å². The van der Waals surface area contributed by atoms with Gasteiger partial charge in [0.15, 0.2) is 0 Å². The number of aromatic nitrogens is 1. The van der Waals surface area contributed by atoms with E-state index in [4.69, 9.17) is 5.73 Å². The molecule has 0 aliphatic heterocycles. The van der Waals surface area contributed by atoms with Gasteiger partial charge in [0.2, 0.25) is 0 Å². The third-order valence-corrected chi connectivity index (χ3v) is 3.36. The van der Waals surface area contributed by atoms with E-state index in [1.165, 1.54) is 12.8 Å². The fraction of sp³-hybridized carbons (Fsp3) is 0.583. The molecule has 1 aliphatic rings. The van der Waals surface area contributed by atoms with E-state index >= 15 is 0 Å². The molecule has 0 radical (unpaired) electrons. The smallest absolute Gasteiger partial charge is 0.250 e. The lowest BCUT2D eigenvalue weighted by molar-refractivity contribution is 0.355. The lowest BCUT2D eigenvalue weighted by Gasteiger charge is -2.21. The molecule has 2 unspecified atom stereocenters. The maximum atomic E-state index is 11.7. The van der Waals surface area contributed by atoms with Crippen molar-refractivity contribution in [1.82, 2.24) is 4.57 Å². The number of rotatable bonds is 3. The fourth-order valence-corrected chi connectivity index (χ4v) is 2.65. The van der Waals surface area contributed by atoms with Crippen molar-refractivity contribution in [2.24, 2.45) is 11.7 Å². The molecule has 1 aliphatic carbocycles. The number of hydrogen-bond donors (Lipinski definition) is 1. The van der Waals surface area contributed by atoms with Crippen molar-refractivity contribution in [3.63, 3.8) is 0 Å². The minimum absolute atomic E-state index is 0.117. The van der Waals surface area contributed by atoms with Crippen molar-refractivity contribution < 1.29 is 0 Å². The van der Waals surface area contributed by atoms with Crippen molar-refractivity contribution in [3.8, 4) is 0 Å². The summed E-state index contributed by atoms with van der Waals surface area (Å²) in [5.74, 6) is 0.593. The molecule has 3 nitrogen and oxygen atoms in total. The molecular formula is C12H18N2O. The molecule has 1 saturated carbocycles. The Morgan fingerprint density at radius 3 is 3.00 bits per heavy atom. The Balaban J connectivity index is 2.23. The molecule has 0 aromatic carbocycles. The number of nitrogens with zero attached hydrogens (tertiary/aromatic N) is 1. The van der Waals surface area contributed by atoms with Crippen LogP contribution in [0.5, 0.6) is 0 Å². The zero-order valence-corrected chi connectivity index (χ0v) is 8.93. The fourth-order valence-electron chi connectivity index (χ4n) is 2.65. The molecule has 82 valence electrons. The Hall–Kier alpha value is -1.09. The molecular weight excluding hydrogens is 188 g/mol. The largest absolute Gasteiger partial charge is 0.330 e. The molecule has 1 fully saturated rings. The monoisotopic (exact) mass is 206 g/mol. The Morgan fingerprint density at radius 2 is 2.27 bits per heavy atom. The van der Waals surface area contributed by atoms with Crippen molar-refractivity contribution in [1.29, 1.82) is 0 Å². The number of nitrogens with two attached hydrogens (primary N) is 1. The second-order valence-electron chi connectivity index (χ2n) is 4.28. The van der Waals surface area contributed by atoms with Crippen molar-refractivity contribution in [2.45, 2.75) is 31.7 Å². The summed E-state index contributed by atoms with van der Waals surface area (Å²) in [5.41, 5.74) is 5.72. The first-order valence-corrected chi connectivity index (χ1v) is 5.70. The molecule has 1 aromatic heterocycles. The zero-order chi connectivity index (χ0) is 10.7. The van der Waals surface area contributed by atoms with E-state index < -0.39 is 0 Å². The predicted molar refractivity (Wildman–Crippen MR) is 60.8 cm³/mol. The normalized spacial score (nSPS) is 25.7. The van der Waals surface area contributed by atoms with Crippen LogP contribution in [0.3, 0.4) is 0 Å². The van der Waals surface area contributed by atoms with E-state index in [0.29, 0.717) is 12.0 Å². The van der Waals surface area contributed by atoms with E-state index in [0.717, 1.165) is 19.4 Å². The molecule has 0 spiro atoms. The van der Waals surface area contributed by atoms with Crippen molar-refractivity contribution in [2.75, 3.05) is 6.54 Å². The lowest BCUT2D eigenvalue weighted by Crippen LogP contribution is -2.26. The molecule has 0 bridgehead atoms. The first-order valence-electron chi connectivity index (χ1n) is 5.70. The Morgan fingerprint density at radius 1 is 1.40 bits per heavy atom. The molecule has 3 heteroatoms. The Kier molecular flexibility index (Phi) is 3.21. The van der Waals surface area contributed by atoms with Crippen LogP contribution < -0.4 is 11.3 Å². The summed E-state index contributed by atoms with van der Waals surface area (Å²) >= 11 is 0. The summed E-state index contributed by atoms with van der Waals surface area (Å²) in [4.78, 5) is 11.7. The Bertz CT molecular complexity index is 372. The van der Waals surface area contributed by atoms with Crippen LogP contribution in [-0.2, 0) is 0 Å². The standard InChI is InChI=1S/C12H18N2O/c13-8-7-10-4-3-5-11(10)14-9-2-1-6-12(14)15/h1-2,6,9-11H,3-5,7-8,13H2. The van der Waals surface area contributed by atoms with Crippen molar-refractivity contribution >= 4 is 0 Å². The summed E-state index contributed by atoms with van der Waals surface area (Å²) < 4.78 is 1.88. The summed E-state index contributed by atoms with van der Waals surface area (Å²) in [5, 5.41) is 0. The van der Waals surface area contributed by atoms with Gasteiger partial charge in [0, 0.05) is 18.3 Å². The lowest BCUT2D eigenvalue weighted by atomic mass is 9.99. The van der Waals surface area contributed by atoms with E-state index in [-0.39, 0.29) is 5.56 Å². The molecule has 15 heavy (non-hydrogen) atoms. The average molecular weight is 206 g/mol. The van der Waals surface area contributed by atoms with Gasteiger partial charge >= 0.3 is 0 Å². The minimum atomic E-state index is 0.117. The molecule has 1 heterocycles. The highest BCUT2D eigenvalue weighted by Crippen LogP contribution is 2.36. The van der Waals surface area contributed by atoms with Crippen LogP contribution in [0.25, 0.3) is 0 Å². The predicted octanol–water partition coefficient (Wildman–Crippen LogP) is 1.54. The van der Waals surface area contributed by atoms with E-state index in [9.17, 15) is 4.79 Å². The van der Waals surface area contributed by atoms with Gasteiger partial charge in [-0.3, -0.25) is 4.79 Å². The molecule has 1 aromatic rings. The second-order valence-corrected chi connectivity index (χ2v) is 4.28. The summed E-state index contributed by atoms with van der Waals surface area (Å²) in [6.07, 6.45) is 6.49. The van der Waals surface area contributed by atoms with Crippen LogP contribution in [0, 0.1) is 5.92 Å². The zero-order valence-electron chi connectivity index (χ0n) is 8.93. The van der Waals surface area contributed by atoms with E-state index in [1.54, 1.807) is 12.1 Å². The van der Waals surface area contributed by atoms with Gasteiger partial charge in [-0.15, -0.1) is 0 Å². The first-order chi connectivity index (χ1) is 7.33. The Labute approximate surface area is 89.9 Å². The third-order valence-electron chi connectivity index (χ3n) is 3.36. The maximum Gasteiger partial charge on any atom is 0.250 e. The SMILES string of the molecule is NCCC1CCCC1n1ccccc1=O. The molecule has 2 rings (SSSR count). The van der Waals surface area contributed by atoms with Gasteiger partial charge in [-0.05, 0) is 37.8 Å². The summed E-state index contributed by atoms with van der Waals surface area (Å²) in [6, 6.07) is 5.74. The summed E-state index contributed by atoms with van der Waals surface area (Å²) in [7, 11) is 0. The summed E-state index contributed by atoms with van der Waals surface area (Å²) in [6.45, 7) is 0.725. The third kappa shape index (κ3) is 2.12. The van der Waals surface area contributed by atoms with Crippen LogP contribution in [0.4, 0.5) is 0 Å². The first kappa shape index (κ1) is 10.4. The quantitative estimate of drug-likeness (QED) is 0.815. The van der Waals surface area contributed by atoms with Gasteiger partial charge in [-0.25, -0.2) is 0 Å². The van der Waals surface area contributed by atoms with Crippen LogP contribution in [0.2, 0.25) is 0 Å². The minimum Gasteiger partial charge on any atom is -0.330 e. The highest BCUT2D eigenvalue weighted by atomic mass is 16.1. The van der Waals surface area contributed by atoms with Crippen LogP contribution >= 0.6 is 0 Å². The van der Waals surface area contributed by atoms with Gasteiger partial charge in [0.05, 0.1) is 0 Å². The van der Waals surface area contributed by atoms with Gasteiger partial charge in [-0.2, -0.15) is 0 Å². The van der Waals surface area contributed by atoms with Crippen LogP contribution in [-0.4, -0.2) is 11.1 Å². The van der Waals surface area contributed by atoms with Crippen LogP contribution in [0.1, 0.15) is 31.7 Å². The number of hydrogen-bond acceptors (Lipinski definition) is 2. The van der Waals surface area contributed by atoms with Gasteiger partial charge in [-0.1, -0.05) is 12.5 Å². The molecule has 2 N–H and O–H groups in total. The average Bonchev–Trinajstić information content (AvgIpc) is 2.67. The van der Waals surface area contributed by atoms with E-state index in [1.807, 2.05) is 16.8 Å². The van der Waals surface area contributed by atoms with Gasteiger partial charge in [0.25, 0.3) is 5.56 Å². The molecule has 2 atom stereocenters.